The van der Waals surface area contributed by atoms with Crippen molar-refractivity contribution >= 4 is 15.5 Å². The van der Waals surface area contributed by atoms with Gasteiger partial charge in [-0.1, -0.05) is 0 Å². The molecular weight excluding hydrogens is 254 g/mol. The lowest BCUT2D eigenvalue weighted by Crippen LogP contribution is -2.39. The first kappa shape index (κ1) is 11.8. The summed E-state index contributed by atoms with van der Waals surface area (Å²) in [5.41, 5.74) is 5.90. The molecule has 1 atom stereocenters. The van der Waals surface area contributed by atoms with Crippen LogP contribution < -0.4 is 11.3 Å². The molecule has 0 radical (unpaired) electrons. The van der Waals surface area contributed by atoms with E-state index in [2.05, 4.69) is 5.10 Å². The summed E-state index contributed by atoms with van der Waals surface area (Å²) in [6, 6.07) is 0. The van der Waals surface area contributed by atoms with Gasteiger partial charge in [0.15, 0.2) is 9.84 Å². The highest BCUT2D eigenvalue weighted by Crippen LogP contribution is 2.41. The summed E-state index contributed by atoms with van der Waals surface area (Å²) < 4.78 is 24.6. The van der Waals surface area contributed by atoms with E-state index in [1.165, 1.54) is 4.68 Å². The highest BCUT2D eigenvalue weighted by atomic mass is 32.2. The molecule has 1 saturated carbocycles. The smallest absolute Gasteiger partial charge is 0.290 e. The molecule has 1 aliphatic carbocycles. The molecule has 18 heavy (non-hydrogen) atoms. The minimum Gasteiger partial charge on any atom is -0.393 e. The molecule has 0 spiro atoms. The molecular formula is C11H17N3O3S. The van der Waals surface area contributed by atoms with Crippen molar-refractivity contribution in [3.8, 4) is 0 Å². The fraction of sp³-hybridized carbons (Fsp3) is 0.727. The first-order valence-corrected chi connectivity index (χ1v) is 7.96. The summed E-state index contributed by atoms with van der Waals surface area (Å²) in [5, 5.41) is 3.05. The third-order valence-electron chi connectivity index (χ3n) is 3.96. The van der Waals surface area contributed by atoms with E-state index in [0.717, 1.165) is 18.5 Å². The third kappa shape index (κ3) is 1.68. The van der Waals surface area contributed by atoms with Gasteiger partial charge in [0, 0.05) is 5.92 Å². The van der Waals surface area contributed by atoms with E-state index in [1.54, 1.807) is 6.92 Å². The summed E-state index contributed by atoms with van der Waals surface area (Å²) >= 11 is 0. The second kappa shape index (κ2) is 3.40. The lowest BCUT2D eigenvalue weighted by Gasteiger charge is -2.22. The van der Waals surface area contributed by atoms with Crippen LogP contribution >= 0.6 is 0 Å². The molecule has 100 valence electrons. The predicted octanol–water partition coefficient (Wildman–Crippen LogP) is 0.170. The van der Waals surface area contributed by atoms with Gasteiger partial charge in [-0.15, -0.1) is 0 Å². The van der Waals surface area contributed by atoms with Gasteiger partial charge in [-0.2, -0.15) is 0 Å². The molecule has 0 amide bonds. The number of nitrogens with two attached hydrogens (primary N) is 1. The molecule has 3 N–H and O–H groups in total. The summed E-state index contributed by atoms with van der Waals surface area (Å²) in [6.45, 7) is 1.80. The maximum absolute atomic E-state index is 12.1. The number of nitrogen functional groups attached to an aromatic ring is 1. The van der Waals surface area contributed by atoms with Crippen molar-refractivity contribution in [1.29, 1.82) is 0 Å². The molecule has 7 heteroatoms. The number of aromatic nitrogens is 2. The summed E-state index contributed by atoms with van der Waals surface area (Å²) in [5.74, 6) is 0.484. The van der Waals surface area contributed by atoms with E-state index in [0.29, 0.717) is 12.3 Å². The lowest BCUT2D eigenvalue weighted by atomic mass is 10.0. The monoisotopic (exact) mass is 271 g/mol. The minimum atomic E-state index is -3.05. The van der Waals surface area contributed by atoms with Crippen LogP contribution in [-0.2, 0) is 15.4 Å². The molecule has 1 aromatic rings. The van der Waals surface area contributed by atoms with Gasteiger partial charge in [0.2, 0.25) is 0 Å². The van der Waals surface area contributed by atoms with Crippen LogP contribution in [-0.4, -0.2) is 29.7 Å². The number of H-pyrrole nitrogens is 1. The fourth-order valence-corrected chi connectivity index (χ4v) is 4.82. The molecule has 0 bridgehead atoms. The molecule has 1 saturated heterocycles. The number of sulfone groups is 1. The molecule has 2 fully saturated rings. The Bertz CT molecular complexity index is 654. The van der Waals surface area contributed by atoms with Gasteiger partial charge in [-0.3, -0.25) is 9.89 Å². The van der Waals surface area contributed by atoms with Crippen molar-refractivity contribution in [3.63, 3.8) is 0 Å². The SMILES string of the molecule is CC1(n2[nH]c(C3CC3)c(N)c2=O)CCS(=O)(=O)C1. The van der Waals surface area contributed by atoms with Crippen LogP contribution in [0.25, 0.3) is 0 Å². The predicted molar refractivity (Wildman–Crippen MR) is 68.4 cm³/mol. The van der Waals surface area contributed by atoms with Gasteiger partial charge in [0.1, 0.15) is 5.69 Å². The van der Waals surface area contributed by atoms with E-state index in [1.807, 2.05) is 0 Å². The Balaban J connectivity index is 2.07. The van der Waals surface area contributed by atoms with E-state index < -0.39 is 15.4 Å². The molecule has 2 aliphatic rings. The Morgan fingerprint density at radius 1 is 1.44 bits per heavy atom. The Kier molecular flexibility index (Phi) is 2.24. The van der Waals surface area contributed by atoms with Crippen LogP contribution in [0.3, 0.4) is 0 Å². The quantitative estimate of drug-likeness (QED) is 0.801. The number of rotatable bonds is 2. The van der Waals surface area contributed by atoms with Gasteiger partial charge in [0.05, 0.1) is 22.7 Å². The maximum Gasteiger partial charge on any atom is 0.290 e. The topological polar surface area (TPSA) is 97.9 Å². The van der Waals surface area contributed by atoms with Crippen LogP contribution in [0.5, 0.6) is 0 Å². The third-order valence-corrected chi connectivity index (χ3v) is 5.85. The summed E-state index contributed by atoms with van der Waals surface area (Å²) in [7, 11) is -3.05. The minimum absolute atomic E-state index is 0.00394. The summed E-state index contributed by atoms with van der Waals surface area (Å²) in [4.78, 5) is 12.1. The second-order valence-corrected chi connectivity index (χ2v) is 7.88. The molecule has 6 nitrogen and oxygen atoms in total. The Morgan fingerprint density at radius 2 is 2.11 bits per heavy atom. The molecule has 1 aliphatic heterocycles. The van der Waals surface area contributed by atoms with E-state index in [4.69, 9.17) is 5.73 Å². The van der Waals surface area contributed by atoms with Crippen molar-refractivity contribution in [3.05, 3.63) is 16.0 Å². The van der Waals surface area contributed by atoms with Crippen LogP contribution in [0.2, 0.25) is 0 Å². The van der Waals surface area contributed by atoms with Gasteiger partial charge in [0.25, 0.3) is 5.56 Å². The first-order chi connectivity index (χ1) is 8.32. The van der Waals surface area contributed by atoms with Crippen LogP contribution in [0.15, 0.2) is 4.79 Å². The van der Waals surface area contributed by atoms with Crippen LogP contribution in [0, 0.1) is 0 Å². The Labute approximate surface area is 105 Å². The van der Waals surface area contributed by atoms with Crippen molar-refractivity contribution < 1.29 is 8.42 Å². The number of hydrogen-bond donors (Lipinski definition) is 2. The normalized spacial score (nSPS) is 30.7. The van der Waals surface area contributed by atoms with Crippen molar-refractivity contribution in [2.24, 2.45) is 0 Å². The van der Waals surface area contributed by atoms with E-state index in [-0.39, 0.29) is 22.8 Å². The molecule has 1 unspecified atom stereocenters. The number of nitrogens with one attached hydrogen (secondary N) is 1. The Hall–Kier alpha value is -1.24. The second-order valence-electron chi connectivity index (χ2n) is 5.69. The van der Waals surface area contributed by atoms with Crippen molar-refractivity contribution in [2.75, 3.05) is 17.2 Å². The number of aromatic amines is 1. The van der Waals surface area contributed by atoms with Gasteiger partial charge in [-0.05, 0) is 26.2 Å². The van der Waals surface area contributed by atoms with Gasteiger partial charge >= 0.3 is 0 Å². The van der Waals surface area contributed by atoms with E-state index >= 15 is 0 Å². The average Bonchev–Trinajstić information content (AvgIpc) is 3.00. The van der Waals surface area contributed by atoms with Crippen molar-refractivity contribution in [2.45, 2.75) is 37.6 Å². The van der Waals surface area contributed by atoms with Crippen molar-refractivity contribution in [1.82, 2.24) is 9.78 Å². The summed E-state index contributed by atoms with van der Waals surface area (Å²) in [6.07, 6.45) is 2.54. The van der Waals surface area contributed by atoms with Gasteiger partial charge < -0.3 is 5.73 Å². The highest BCUT2D eigenvalue weighted by molar-refractivity contribution is 7.91. The van der Waals surface area contributed by atoms with Crippen LogP contribution in [0.4, 0.5) is 5.69 Å². The maximum atomic E-state index is 12.1. The number of anilines is 1. The first-order valence-electron chi connectivity index (χ1n) is 6.14. The van der Waals surface area contributed by atoms with E-state index in [9.17, 15) is 13.2 Å². The molecule has 3 rings (SSSR count). The number of hydrogen-bond acceptors (Lipinski definition) is 4. The fourth-order valence-electron chi connectivity index (χ4n) is 2.70. The molecule has 2 heterocycles. The highest BCUT2D eigenvalue weighted by Gasteiger charge is 2.42. The zero-order valence-corrected chi connectivity index (χ0v) is 11.1. The standard InChI is InChI=1S/C11H17N3O3S/c1-11(4-5-18(16,17)6-11)14-10(15)8(12)9(13-14)7-2-3-7/h7,13H,2-6,12H2,1H3. The Morgan fingerprint density at radius 3 is 2.61 bits per heavy atom. The number of nitrogens with zero attached hydrogens (tertiary/aromatic N) is 1. The average molecular weight is 271 g/mol. The zero-order valence-electron chi connectivity index (χ0n) is 10.3. The van der Waals surface area contributed by atoms with Crippen LogP contribution in [0.1, 0.15) is 37.8 Å². The largest absolute Gasteiger partial charge is 0.393 e. The molecule has 0 aromatic carbocycles. The van der Waals surface area contributed by atoms with Gasteiger partial charge in [-0.25, -0.2) is 13.1 Å². The lowest BCUT2D eigenvalue weighted by molar-refractivity contribution is 0.318. The zero-order chi connectivity index (χ0) is 13.1. The molecule has 1 aromatic heterocycles.